The summed E-state index contributed by atoms with van der Waals surface area (Å²) in [4.78, 5) is 16.6. The van der Waals surface area contributed by atoms with Crippen LogP contribution in [0.2, 0.25) is 0 Å². The van der Waals surface area contributed by atoms with Gasteiger partial charge < -0.3 is 11.1 Å². The maximum Gasteiger partial charge on any atom is 0.256 e. The lowest BCUT2D eigenvalue weighted by atomic mass is 10.1. The van der Waals surface area contributed by atoms with Gasteiger partial charge >= 0.3 is 0 Å². The third kappa shape index (κ3) is 3.18. The number of hydrogen-bond acceptors (Lipinski definition) is 4. The number of nitrogen functional groups attached to an aromatic ring is 1. The maximum absolute atomic E-state index is 12.3. The van der Waals surface area contributed by atoms with Crippen LogP contribution in [0, 0.1) is 0 Å². The zero-order valence-electron chi connectivity index (χ0n) is 11.4. The molecule has 0 unspecified atom stereocenters. The summed E-state index contributed by atoms with van der Waals surface area (Å²) in [7, 11) is 0. The number of carbonyl (C=O) groups excluding carboxylic acids is 1. The van der Waals surface area contributed by atoms with Crippen molar-refractivity contribution in [3.05, 3.63) is 64.6 Å². The minimum absolute atomic E-state index is 0.187. The number of nitrogens with zero attached hydrogens (tertiary/aromatic N) is 1. The van der Waals surface area contributed by atoms with E-state index >= 15 is 0 Å². The fourth-order valence-electron chi connectivity index (χ4n) is 1.99. The molecule has 0 aliphatic heterocycles. The van der Waals surface area contributed by atoms with Crippen molar-refractivity contribution < 1.29 is 4.79 Å². The molecule has 0 spiro atoms. The zero-order valence-corrected chi connectivity index (χ0v) is 13.8. The summed E-state index contributed by atoms with van der Waals surface area (Å²) in [6.07, 6.45) is 0. The molecule has 0 radical (unpaired) electrons. The average Bonchev–Trinajstić information content (AvgIpc) is 2.89. The predicted molar refractivity (Wildman–Crippen MR) is 94.1 cm³/mol. The minimum atomic E-state index is -0.187. The van der Waals surface area contributed by atoms with Crippen molar-refractivity contribution in [2.24, 2.45) is 0 Å². The van der Waals surface area contributed by atoms with E-state index in [1.807, 2.05) is 42.5 Å². The van der Waals surface area contributed by atoms with Gasteiger partial charge in [-0.25, -0.2) is 4.98 Å². The molecule has 0 aliphatic rings. The van der Waals surface area contributed by atoms with Crippen LogP contribution in [0.15, 0.2) is 59.1 Å². The number of thiazole rings is 1. The van der Waals surface area contributed by atoms with Gasteiger partial charge in [0.1, 0.15) is 10.7 Å². The standard InChI is InChI=1S/C16H12BrN3OS/c17-12-8-6-11(7-9-12)14(21)20-15-13(19-16(18)22-15)10-4-2-1-3-5-10/h1-9H,(H2,18,19)(H,20,21). The lowest BCUT2D eigenvalue weighted by Gasteiger charge is -2.05. The second kappa shape index (κ2) is 6.29. The van der Waals surface area contributed by atoms with E-state index in [1.165, 1.54) is 11.3 Å². The number of amides is 1. The molecule has 2 aromatic carbocycles. The van der Waals surface area contributed by atoms with Crippen molar-refractivity contribution in [3.8, 4) is 11.3 Å². The van der Waals surface area contributed by atoms with E-state index in [4.69, 9.17) is 5.73 Å². The monoisotopic (exact) mass is 373 g/mol. The van der Waals surface area contributed by atoms with Crippen molar-refractivity contribution >= 4 is 43.3 Å². The number of benzene rings is 2. The number of aromatic nitrogens is 1. The third-order valence-corrected chi connectivity index (χ3v) is 4.35. The van der Waals surface area contributed by atoms with Crippen LogP contribution in [0.4, 0.5) is 10.1 Å². The summed E-state index contributed by atoms with van der Waals surface area (Å²) >= 11 is 4.61. The Balaban J connectivity index is 1.90. The van der Waals surface area contributed by atoms with Crippen LogP contribution in [0.3, 0.4) is 0 Å². The summed E-state index contributed by atoms with van der Waals surface area (Å²) in [5.74, 6) is -0.187. The molecule has 6 heteroatoms. The first-order valence-corrected chi connectivity index (χ1v) is 8.13. The lowest BCUT2D eigenvalue weighted by molar-refractivity contribution is 0.102. The van der Waals surface area contributed by atoms with Crippen LogP contribution in [0.25, 0.3) is 11.3 Å². The topological polar surface area (TPSA) is 68.0 Å². The SMILES string of the molecule is Nc1nc(-c2ccccc2)c(NC(=O)c2ccc(Br)cc2)s1. The number of anilines is 2. The van der Waals surface area contributed by atoms with Gasteiger partial charge in [0.05, 0.1) is 0 Å². The predicted octanol–water partition coefficient (Wildman–Crippen LogP) is 4.41. The molecule has 0 aliphatic carbocycles. The van der Waals surface area contributed by atoms with Crippen LogP contribution < -0.4 is 11.1 Å². The van der Waals surface area contributed by atoms with Crippen molar-refractivity contribution in [2.75, 3.05) is 11.1 Å². The quantitative estimate of drug-likeness (QED) is 0.714. The summed E-state index contributed by atoms with van der Waals surface area (Å²) in [6.45, 7) is 0. The first-order chi connectivity index (χ1) is 10.6. The van der Waals surface area contributed by atoms with Crippen LogP contribution in [0.5, 0.6) is 0 Å². The van der Waals surface area contributed by atoms with E-state index in [9.17, 15) is 4.79 Å². The first kappa shape index (κ1) is 14.7. The van der Waals surface area contributed by atoms with Gasteiger partial charge in [-0.3, -0.25) is 4.79 Å². The van der Waals surface area contributed by atoms with Gasteiger partial charge in [0, 0.05) is 15.6 Å². The molecular formula is C16H12BrN3OS. The van der Waals surface area contributed by atoms with E-state index in [0.717, 1.165) is 10.0 Å². The summed E-state index contributed by atoms with van der Waals surface area (Å²) in [5.41, 5.74) is 7.99. The molecule has 110 valence electrons. The van der Waals surface area contributed by atoms with Gasteiger partial charge in [-0.15, -0.1) is 0 Å². The molecule has 4 nitrogen and oxygen atoms in total. The highest BCUT2D eigenvalue weighted by molar-refractivity contribution is 9.10. The number of hydrogen-bond donors (Lipinski definition) is 2. The summed E-state index contributed by atoms with van der Waals surface area (Å²) in [6, 6.07) is 16.8. The highest BCUT2D eigenvalue weighted by atomic mass is 79.9. The zero-order chi connectivity index (χ0) is 15.5. The fraction of sp³-hybridized carbons (Fsp3) is 0. The smallest absolute Gasteiger partial charge is 0.256 e. The molecule has 3 aromatic rings. The molecule has 3 rings (SSSR count). The van der Waals surface area contributed by atoms with Crippen LogP contribution >= 0.6 is 27.3 Å². The van der Waals surface area contributed by atoms with E-state index in [-0.39, 0.29) is 5.91 Å². The third-order valence-electron chi connectivity index (χ3n) is 3.02. The molecule has 3 N–H and O–H groups in total. The van der Waals surface area contributed by atoms with Crippen molar-refractivity contribution in [1.82, 2.24) is 4.98 Å². The van der Waals surface area contributed by atoms with Crippen molar-refractivity contribution in [3.63, 3.8) is 0 Å². The maximum atomic E-state index is 12.3. The average molecular weight is 374 g/mol. The molecule has 22 heavy (non-hydrogen) atoms. The molecular weight excluding hydrogens is 362 g/mol. The van der Waals surface area contributed by atoms with Crippen LogP contribution in [-0.2, 0) is 0 Å². The highest BCUT2D eigenvalue weighted by Gasteiger charge is 2.15. The molecule has 1 aromatic heterocycles. The number of nitrogens with one attached hydrogen (secondary N) is 1. The van der Waals surface area contributed by atoms with Gasteiger partial charge in [0.2, 0.25) is 0 Å². The van der Waals surface area contributed by atoms with E-state index in [2.05, 4.69) is 26.2 Å². The van der Waals surface area contributed by atoms with E-state index in [1.54, 1.807) is 12.1 Å². The Hall–Kier alpha value is -2.18. The van der Waals surface area contributed by atoms with E-state index < -0.39 is 0 Å². The normalized spacial score (nSPS) is 10.4. The fourth-order valence-corrected chi connectivity index (χ4v) is 3.00. The Morgan fingerprint density at radius 1 is 1.09 bits per heavy atom. The Morgan fingerprint density at radius 2 is 1.77 bits per heavy atom. The number of nitrogens with two attached hydrogens (primary N) is 1. The van der Waals surface area contributed by atoms with Gasteiger partial charge in [-0.1, -0.05) is 57.6 Å². The molecule has 1 amide bonds. The van der Waals surface area contributed by atoms with Gasteiger partial charge in [0.15, 0.2) is 5.13 Å². The Morgan fingerprint density at radius 3 is 2.45 bits per heavy atom. The highest BCUT2D eigenvalue weighted by Crippen LogP contribution is 2.34. The second-order valence-electron chi connectivity index (χ2n) is 4.56. The Bertz CT molecular complexity index is 800. The first-order valence-electron chi connectivity index (χ1n) is 6.52. The largest absolute Gasteiger partial charge is 0.375 e. The van der Waals surface area contributed by atoms with Gasteiger partial charge in [-0.2, -0.15) is 0 Å². The molecule has 0 saturated heterocycles. The van der Waals surface area contributed by atoms with Crippen LogP contribution in [0.1, 0.15) is 10.4 Å². The van der Waals surface area contributed by atoms with Crippen molar-refractivity contribution in [2.45, 2.75) is 0 Å². The van der Waals surface area contributed by atoms with Crippen molar-refractivity contribution in [1.29, 1.82) is 0 Å². The number of halogens is 1. The Kier molecular flexibility index (Phi) is 4.22. The molecule has 1 heterocycles. The summed E-state index contributed by atoms with van der Waals surface area (Å²) < 4.78 is 0.927. The molecule has 0 atom stereocenters. The molecule has 0 saturated carbocycles. The second-order valence-corrected chi connectivity index (χ2v) is 6.50. The molecule has 0 fully saturated rings. The van der Waals surface area contributed by atoms with E-state index in [0.29, 0.717) is 21.4 Å². The number of carbonyl (C=O) groups is 1. The van der Waals surface area contributed by atoms with Gasteiger partial charge in [-0.05, 0) is 24.3 Å². The minimum Gasteiger partial charge on any atom is -0.375 e. The van der Waals surface area contributed by atoms with Gasteiger partial charge in [0.25, 0.3) is 5.91 Å². The summed E-state index contributed by atoms with van der Waals surface area (Å²) in [5, 5.41) is 3.96. The lowest BCUT2D eigenvalue weighted by Crippen LogP contribution is -2.11. The molecule has 0 bridgehead atoms. The van der Waals surface area contributed by atoms with Crippen LogP contribution in [-0.4, -0.2) is 10.9 Å². The number of rotatable bonds is 3. The Labute approximate surface area is 140 Å².